The van der Waals surface area contributed by atoms with E-state index in [0.29, 0.717) is 17.9 Å². The first-order chi connectivity index (χ1) is 18.2. The summed E-state index contributed by atoms with van der Waals surface area (Å²) in [6.45, 7) is 3.80. The lowest BCUT2D eigenvalue weighted by Gasteiger charge is -2.33. The Hall–Kier alpha value is -3.96. The molecule has 1 spiro atoms. The molecule has 9 nitrogen and oxygen atoms in total. The van der Waals surface area contributed by atoms with Crippen molar-refractivity contribution in [3.63, 3.8) is 0 Å². The molecule has 38 heavy (non-hydrogen) atoms. The molecule has 2 fully saturated rings. The molecule has 12 heteroatoms. The van der Waals surface area contributed by atoms with Gasteiger partial charge in [-0.15, -0.1) is 10.2 Å². The number of nitrogens with zero attached hydrogens (tertiary/aromatic N) is 4. The third-order valence-corrected chi connectivity index (χ3v) is 7.15. The quantitative estimate of drug-likeness (QED) is 0.446. The van der Waals surface area contributed by atoms with E-state index in [4.69, 9.17) is 9.15 Å². The van der Waals surface area contributed by atoms with Crippen molar-refractivity contribution in [1.82, 2.24) is 15.2 Å². The lowest BCUT2D eigenvalue weighted by atomic mass is 9.91. The highest BCUT2D eigenvalue weighted by Gasteiger charge is 2.59. The van der Waals surface area contributed by atoms with Gasteiger partial charge in [0, 0.05) is 13.1 Å². The number of rotatable bonds is 7. The van der Waals surface area contributed by atoms with Crippen molar-refractivity contribution in [3.05, 3.63) is 65.5 Å². The molecule has 0 radical (unpaired) electrons. The van der Waals surface area contributed by atoms with Crippen LogP contribution in [0.4, 0.5) is 24.7 Å². The average Bonchev–Trinajstić information content (AvgIpc) is 3.38. The van der Waals surface area contributed by atoms with Gasteiger partial charge < -0.3 is 19.4 Å². The number of anilines is 2. The summed E-state index contributed by atoms with van der Waals surface area (Å²) in [7, 11) is 0. The molecular weight excluding hydrogens is 503 g/mol. The maximum atomic E-state index is 12.7. The van der Waals surface area contributed by atoms with E-state index >= 15 is 0 Å². The topological polar surface area (TPSA) is 110 Å². The number of hydrogen-bond acceptors (Lipinski definition) is 8. The van der Waals surface area contributed by atoms with Gasteiger partial charge in [0.1, 0.15) is 5.82 Å². The molecule has 1 N–H and O–H groups in total. The van der Waals surface area contributed by atoms with Crippen LogP contribution in [0.1, 0.15) is 53.9 Å². The van der Waals surface area contributed by atoms with Gasteiger partial charge in [-0.25, -0.2) is 4.98 Å². The molecule has 2 aliphatic rings. The van der Waals surface area contributed by atoms with Crippen molar-refractivity contribution < 1.29 is 31.9 Å². The Labute approximate surface area is 216 Å². The van der Waals surface area contributed by atoms with Crippen LogP contribution in [-0.4, -0.2) is 46.8 Å². The van der Waals surface area contributed by atoms with Crippen LogP contribution in [0.2, 0.25) is 0 Å². The molecule has 200 valence electrons. The van der Waals surface area contributed by atoms with E-state index in [1.807, 2.05) is 13.0 Å². The van der Waals surface area contributed by atoms with E-state index in [1.165, 1.54) is 18.3 Å². The van der Waals surface area contributed by atoms with Gasteiger partial charge in [-0.2, -0.15) is 13.2 Å². The SMILES string of the molecule is CCOC(=O)C1CC12CCN(c1ccc(NC(=O)c3nnc(Cc4ccc(C(F)(F)F)cc4)o3)cn1)CC2. The Morgan fingerprint density at radius 1 is 1.13 bits per heavy atom. The highest BCUT2D eigenvalue weighted by Crippen LogP contribution is 2.60. The second-order valence-electron chi connectivity index (χ2n) is 9.59. The summed E-state index contributed by atoms with van der Waals surface area (Å²) >= 11 is 0. The fourth-order valence-corrected chi connectivity index (χ4v) is 4.89. The Balaban J connectivity index is 1.12. The maximum absolute atomic E-state index is 12.7. The molecule has 1 aromatic carbocycles. The molecule has 0 bridgehead atoms. The number of esters is 1. The molecule has 1 amide bonds. The van der Waals surface area contributed by atoms with Crippen LogP contribution in [0.25, 0.3) is 0 Å². The summed E-state index contributed by atoms with van der Waals surface area (Å²) < 4.78 is 48.7. The standard InChI is InChI=1S/C26H26F3N5O4/c1-2-37-24(36)19-14-25(19)9-11-34(12-10-25)20-8-7-18(15-30-20)31-22(35)23-33-32-21(38-23)13-16-3-5-17(6-4-16)26(27,28)29/h3-8,15,19H,2,9-14H2,1H3,(H,31,35). The number of aromatic nitrogens is 3. The van der Waals surface area contributed by atoms with Crippen LogP contribution in [0.3, 0.4) is 0 Å². The minimum absolute atomic E-state index is 0.00954. The average molecular weight is 530 g/mol. The predicted molar refractivity (Wildman–Crippen MR) is 129 cm³/mol. The smallest absolute Gasteiger partial charge is 0.416 e. The lowest BCUT2D eigenvalue weighted by molar-refractivity contribution is -0.145. The van der Waals surface area contributed by atoms with E-state index in [9.17, 15) is 22.8 Å². The molecule has 2 aromatic heterocycles. The van der Waals surface area contributed by atoms with E-state index in [1.54, 1.807) is 6.07 Å². The van der Waals surface area contributed by atoms with Crippen molar-refractivity contribution in [3.8, 4) is 0 Å². The third kappa shape index (κ3) is 5.48. The number of piperidine rings is 1. The number of nitrogens with one attached hydrogen (secondary N) is 1. The van der Waals surface area contributed by atoms with Gasteiger partial charge in [0.25, 0.3) is 0 Å². The highest BCUT2D eigenvalue weighted by atomic mass is 19.4. The Bertz CT molecular complexity index is 1300. The molecule has 1 atom stereocenters. The number of pyridine rings is 1. The summed E-state index contributed by atoms with van der Waals surface area (Å²) in [5.74, 6) is -0.0837. The van der Waals surface area contributed by atoms with Crippen molar-refractivity contribution in [1.29, 1.82) is 0 Å². The minimum Gasteiger partial charge on any atom is -0.466 e. The number of ether oxygens (including phenoxy) is 1. The number of hydrogen-bond donors (Lipinski definition) is 1. The van der Waals surface area contributed by atoms with Crippen LogP contribution in [-0.2, 0) is 22.1 Å². The lowest BCUT2D eigenvalue weighted by Crippen LogP contribution is -2.36. The molecular formula is C26H26F3N5O4. The number of carbonyl (C=O) groups is 2. The Kier molecular flexibility index (Phi) is 6.80. The zero-order chi connectivity index (χ0) is 26.9. The summed E-state index contributed by atoms with van der Waals surface area (Å²) in [6, 6.07) is 8.14. The molecule has 1 aliphatic carbocycles. The molecule has 3 aromatic rings. The summed E-state index contributed by atoms with van der Waals surface area (Å²) in [5.41, 5.74) is 0.294. The summed E-state index contributed by atoms with van der Waals surface area (Å²) in [5, 5.41) is 10.2. The molecule has 1 saturated carbocycles. The molecule has 1 aliphatic heterocycles. The van der Waals surface area contributed by atoms with Crippen molar-refractivity contribution in [2.24, 2.45) is 11.3 Å². The summed E-state index contributed by atoms with van der Waals surface area (Å²) in [4.78, 5) is 31.2. The van der Waals surface area contributed by atoms with Gasteiger partial charge in [0.05, 0.1) is 36.4 Å². The van der Waals surface area contributed by atoms with Crippen molar-refractivity contribution in [2.45, 2.75) is 38.8 Å². The first-order valence-corrected chi connectivity index (χ1v) is 12.3. The van der Waals surface area contributed by atoms with Crippen LogP contribution < -0.4 is 10.2 Å². The minimum atomic E-state index is -4.41. The normalized spacial score (nSPS) is 18.3. The molecule has 5 rings (SSSR count). The molecule has 1 unspecified atom stereocenters. The Morgan fingerprint density at radius 3 is 2.50 bits per heavy atom. The van der Waals surface area contributed by atoms with Crippen LogP contribution in [0, 0.1) is 11.3 Å². The van der Waals surface area contributed by atoms with Crippen LogP contribution in [0.15, 0.2) is 47.0 Å². The number of amides is 1. The fraction of sp³-hybridized carbons (Fsp3) is 0.423. The van der Waals surface area contributed by atoms with Gasteiger partial charge in [-0.1, -0.05) is 12.1 Å². The zero-order valence-electron chi connectivity index (χ0n) is 20.6. The Morgan fingerprint density at radius 2 is 1.87 bits per heavy atom. The van der Waals surface area contributed by atoms with E-state index < -0.39 is 17.6 Å². The van der Waals surface area contributed by atoms with Crippen molar-refractivity contribution >= 4 is 23.4 Å². The molecule has 1 saturated heterocycles. The largest absolute Gasteiger partial charge is 0.466 e. The van der Waals surface area contributed by atoms with E-state index in [0.717, 1.165) is 50.3 Å². The monoisotopic (exact) mass is 529 g/mol. The fourth-order valence-electron chi connectivity index (χ4n) is 4.89. The predicted octanol–water partition coefficient (Wildman–Crippen LogP) is 4.50. The van der Waals surface area contributed by atoms with Gasteiger partial charge in [-0.05, 0) is 61.4 Å². The van der Waals surface area contributed by atoms with Gasteiger partial charge in [0.2, 0.25) is 5.89 Å². The second kappa shape index (κ2) is 10.1. The molecule has 3 heterocycles. The summed E-state index contributed by atoms with van der Waals surface area (Å²) in [6.07, 6.45) is -0.0867. The van der Waals surface area contributed by atoms with Gasteiger partial charge >= 0.3 is 23.9 Å². The first kappa shape index (κ1) is 25.7. The maximum Gasteiger partial charge on any atom is 0.416 e. The second-order valence-corrected chi connectivity index (χ2v) is 9.59. The van der Waals surface area contributed by atoms with Gasteiger partial charge in [-0.3, -0.25) is 9.59 Å². The zero-order valence-corrected chi connectivity index (χ0v) is 20.6. The van der Waals surface area contributed by atoms with Crippen LogP contribution in [0.5, 0.6) is 0 Å². The number of alkyl halides is 3. The van der Waals surface area contributed by atoms with Crippen molar-refractivity contribution in [2.75, 3.05) is 29.9 Å². The number of benzene rings is 1. The van der Waals surface area contributed by atoms with E-state index in [-0.39, 0.29) is 35.5 Å². The van der Waals surface area contributed by atoms with Crippen LogP contribution >= 0.6 is 0 Å². The number of carbonyl (C=O) groups excluding carboxylic acids is 2. The van der Waals surface area contributed by atoms with Gasteiger partial charge in [0.15, 0.2) is 0 Å². The van der Waals surface area contributed by atoms with E-state index in [2.05, 4.69) is 25.4 Å². The number of halogens is 3. The first-order valence-electron chi connectivity index (χ1n) is 12.3. The highest BCUT2D eigenvalue weighted by molar-refractivity contribution is 6.00. The third-order valence-electron chi connectivity index (χ3n) is 7.15.